The molecule has 10 heteroatoms. The van der Waals surface area contributed by atoms with Crippen LogP contribution in [0.2, 0.25) is 0 Å². The van der Waals surface area contributed by atoms with Crippen molar-refractivity contribution in [3.8, 4) is 0 Å². The van der Waals surface area contributed by atoms with Crippen LogP contribution in [0.15, 0.2) is 53.4 Å². The highest BCUT2D eigenvalue weighted by atomic mass is 32.2. The second-order valence-corrected chi connectivity index (χ2v) is 11.2. The van der Waals surface area contributed by atoms with Crippen LogP contribution >= 0.6 is 0 Å². The van der Waals surface area contributed by atoms with Crippen molar-refractivity contribution in [2.45, 2.75) is 56.5 Å². The van der Waals surface area contributed by atoms with Gasteiger partial charge in [0.25, 0.3) is 5.91 Å². The zero-order valence-corrected chi connectivity index (χ0v) is 20.8. The number of sulfonamides is 1. The van der Waals surface area contributed by atoms with Crippen LogP contribution in [0.4, 0.5) is 11.4 Å². The van der Waals surface area contributed by atoms with Gasteiger partial charge in [0, 0.05) is 6.54 Å². The number of hydrogen-bond acceptors (Lipinski definition) is 6. The maximum Gasteiger partial charge on any atom is 0.324 e. The van der Waals surface area contributed by atoms with Gasteiger partial charge >= 0.3 is 5.97 Å². The van der Waals surface area contributed by atoms with E-state index in [1.54, 1.807) is 50.2 Å². The van der Waals surface area contributed by atoms with Crippen molar-refractivity contribution in [1.82, 2.24) is 4.31 Å². The van der Waals surface area contributed by atoms with E-state index < -0.39 is 40.1 Å². The van der Waals surface area contributed by atoms with E-state index in [9.17, 15) is 22.8 Å². The van der Waals surface area contributed by atoms with Crippen molar-refractivity contribution in [3.63, 3.8) is 0 Å². The van der Waals surface area contributed by atoms with Gasteiger partial charge in [-0.25, -0.2) is 8.42 Å². The van der Waals surface area contributed by atoms with Crippen LogP contribution in [0, 0.1) is 6.92 Å². The molecule has 1 fully saturated rings. The Bertz CT molecular complexity index is 1260. The lowest BCUT2D eigenvalue weighted by Crippen LogP contribution is -2.59. The van der Waals surface area contributed by atoms with Gasteiger partial charge in [-0.2, -0.15) is 4.31 Å². The summed E-state index contributed by atoms with van der Waals surface area (Å²) in [5.74, 6) is -1.71. The lowest BCUT2D eigenvalue weighted by molar-refractivity contribution is -0.152. The molecule has 0 aromatic heterocycles. The van der Waals surface area contributed by atoms with Crippen LogP contribution in [0.5, 0.6) is 0 Å². The Balaban J connectivity index is 1.51. The molecule has 2 amide bonds. The predicted octanol–water partition coefficient (Wildman–Crippen LogP) is 2.85. The van der Waals surface area contributed by atoms with Gasteiger partial charge in [0.2, 0.25) is 15.9 Å². The molecule has 1 atom stereocenters. The lowest BCUT2D eigenvalue weighted by atomic mass is 9.96. The molecule has 2 aromatic carbocycles. The molecule has 2 heterocycles. The van der Waals surface area contributed by atoms with Crippen molar-refractivity contribution in [3.05, 3.63) is 54.1 Å². The van der Waals surface area contributed by atoms with Gasteiger partial charge in [-0.05, 0) is 64.3 Å². The fraction of sp³-hybridized carbons (Fsp3) is 0.400. The number of carbonyl (C=O) groups is 3. The number of amides is 2. The van der Waals surface area contributed by atoms with Crippen LogP contribution in [-0.2, 0) is 29.1 Å². The zero-order valence-electron chi connectivity index (χ0n) is 20.0. The first-order valence-corrected chi connectivity index (χ1v) is 13.0. The molecule has 9 nitrogen and oxygen atoms in total. The number of nitrogens with zero attached hydrogens (tertiary/aromatic N) is 2. The van der Waals surface area contributed by atoms with Gasteiger partial charge < -0.3 is 10.1 Å². The van der Waals surface area contributed by atoms with Gasteiger partial charge in [-0.1, -0.05) is 29.8 Å². The number of hydrogen-bond donors (Lipinski definition) is 1. The fourth-order valence-electron chi connectivity index (χ4n) is 4.47. The summed E-state index contributed by atoms with van der Waals surface area (Å²) in [7, 11) is -3.91. The predicted molar refractivity (Wildman–Crippen MR) is 130 cm³/mol. The number of nitrogens with one attached hydrogen (secondary N) is 1. The van der Waals surface area contributed by atoms with E-state index >= 15 is 0 Å². The number of benzene rings is 2. The van der Waals surface area contributed by atoms with Crippen LogP contribution in [0.25, 0.3) is 0 Å². The Hall–Kier alpha value is -3.24. The average molecular weight is 500 g/mol. The van der Waals surface area contributed by atoms with Gasteiger partial charge in [0.05, 0.1) is 16.3 Å². The van der Waals surface area contributed by atoms with E-state index in [-0.39, 0.29) is 17.3 Å². The van der Waals surface area contributed by atoms with E-state index in [0.29, 0.717) is 30.6 Å². The van der Waals surface area contributed by atoms with Crippen molar-refractivity contribution < 1.29 is 27.5 Å². The summed E-state index contributed by atoms with van der Waals surface area (Å²) in [4.78, 5) is 40.2. The van der Waals surface area contributed by atoms with Crippen LogP contribution in [0.1, 0.15) is 38.7 Å². The third-order valence-electron chi connectivity index (χ3n) is 6.45. The molecule has 4 rings (SSSR count). The average Bonchev–Trinajstić information content (AvgIpc) is 2.83. The first-order valence-electron chi connectivity index (χ1n) is 11.5. The summed E-state index contributed by atoms with van der Waals surface area (Å²) in [5, 5.41) is 2.78. The Morgan fingerprint density at radius 3 is 2.49 bits per heavy atom. The SMILES string of the molecule is Cc1ccc(S(=O)(=O)N2CCCCC2C(=O)OCC(=O)N2c3ccccc3NC(=O)C2(C)C)cc1. The topological polar surface area (TPSA) is 113 Å². The molecule has 0 aliphatic carbocycles. The Morgan fingerprint density at radius 2 is 1.77 bits per heavy atom. The van der Waals surface area contributed by atoms with E-state index in [0.717, 1.165) is 5.56 Å². The number of esters is 1. The molecule has 0 bridgehead atoms. The quantitative estimate of drug-likeness (QED) is 0.633. The number of piperidine rings is 1. The Labute approximate surface area is 205 Å². The van der Waals surface area contributed by atoms with Crippen molar-refractivity contribution in [2.75, 3.05) is 23.4 Å². The van der Waals surface area contributed by atoms with Crippen LogP contribution in [-0.4, -0.2) is 55.2 Å². The number of anilines is 2. The highest BCUT2D eigenvalue weighted by Gasteiger charge is 2.44. The summed E-state index contributed by atoms with van der Waals surface area (Å²) in [6, 6.07) is 12.3. The minimum atomic E-state index is -3.91. The minimum absolute atomic E-state index is 0.108. The summed E-state index contributed by atoms with van der Waals surface area (Å²) in [6.45, 7) is 4.65. The molecule has 2 aliphatic rings. The normalized spacial score (nSPS) is 20.0. The van der Waals surface area contributed by atoms with E-state index in [1.807, 2.05) is 6.92 Å². The molecule has 1 N–H and O–H groups in total. The highest BCUT2D eigenvalue weighted by Crippen LogP contribution is 2.36. The van der Waals surface area contributed by atoms with Crippen molar-refractivity contribution >= 4 is 39.2 Å². The summed E-state index contributed by atoms with van der Waals surface area (Å²) in [5.41, 5.74) is 0.704. The molecule has 0 spiro atoms. The number of ether oxygens (including phenoxy) is 1. The highest BCUT2D eigenvalue weighted by molar-refractivity contribution is 7.89. The van der Waals surface area contributed by atoms with Gasteiger partial charge in [0.1, 0.15) is 11.6 Å². The number of para-hydroxylation sites is 2. The summed E-state index contributed by atoms with van der Waals surface area (Å²) >= 11 is 0. The number of carbonyl (C=O) groups excluding carboxylic acids is 3. The molecule has 2 aromatic rings. The second-order valence-electron chi connectivity index (χ2n) is 9.31. The Kier molecular flexibility index (Phi) is 6.70. The third kappa shape index (κ3) is 4.68. The molecule has 2 aliphatic heterocycles. The van der Waals surface area contributed by atoms with Crippen molar-refractivity contribution in [2.24, 2.45) is 0 Å². The molecule has 186 valence electrons. The van der Waals surface area contributed by atoms with Crippen molar-refractivity contribution in [1.29, 1.82) is 0 Å². The maximum atomic E-state index is 13.3. The number of aryl methyl sites for hydroxylation is 1. The largest absolute Gasteiger partial charge is 0.454 e. The molecule has 1 unspecified atom stereocenters. The fourth-order valence-corrected chi connectivity index (χ4v) is 6.11. The zero-order chi connectivity index (χ0) is 25.4. The van der Waals surface area contributed by atoms with Crippen LogP contribution in [0.3, 0.4) is 0 Å². The minimum Gasteiger partial charge on any atom is -0.454 e. The molecular weight excluding hydrogens is 470 g/mol. The third-order valence-corrected chi connectivity index (χ3v) is 8.37. The maximum absolute atomic E-state index is 13.3. The molecular formula is C25H29N3O6S. The standard InChI is InChI=1S/C25H29N3O6S/c1-17-11-13-18(14-12-17)35(32,33)27-15-7-6-10-21(27)23(30)34-16-22(29)28-20-9-5-4-8-19(20)26-24(31)25(28,2)3/h4-5,8-9,11-14,21H,6-7,10,15-16H2,1-3H3,(H,26,31). The Morgan fingerprint density at radius 1 is 1.09 bits per heavy atom. The molecule has 1 saturated heterocycles. The summed E-state index contributed by atoms with van der Waals surface area (Å²) < 4.78 is 33.0. The first-order chi connectivity index (χ1) is 16.5. The lowest BCUT2D eigenvalue weighted by Gasteiger charge is -2.42. The van der Waals surface area contributed by atoms with Crippen LogP contribution < -0.4 is 10.2 Å². The number of fused-ring (bicyclic) bond motifs is 1. The summed E-state index contributed by atoms with van der Waals surface area (Å²) in [6.07, 6.45) is 1.60. The first kappa shape index (κ1) is 24.9. The van der Waals surface area contributed by atoms with E-state index in [4.69, 9.17) is 4.74 Å². The second kappa shape index (κ2) is 9.43. The smallest absolute Gasteiger partial charge is 0.324 e. The van der Waals surface area contributed by atoms with Gasteiger partial charge in [-0.3, -0.25) is 19.3 Å². The van der Waals surface area contributed by atoms with Gasteiger partial charge in [-0.15, -0.1) is 0 Å². The van der Waals surface area contributed by atoms with E-state index in [1.165, 1.54) is 21.3 Å². The molecule has 0 saturated carbocycles. The van der Waals surface area contributed by atoms with E-state index in [2.05, 4.69) is 5.32 Å². The molecule has 35 heavy (non-hydrogen) atoms. The number of rotatable bonds is 5. The van der Waals surface area contributed by atoms with Gasteiger partial charge in [0.15, 0.2) is 6.61 Å². The monoisotopic (exact) mass is 499 g/mol. The molecule has 0 radical (unpaired) electrons.